The van der Waals surface area contributed by atoms with Crippen LogP contribution < -0.4 is 11.3 Å². The monoisotopic (exact) mass is 232 g/mol. The molecule has 0 spiro atoms. The zero-order valence-electron chi connectivity index (χ0n) is 10.7. The van der Waals surface area contributed by atoms with Crippen LogP contribution in [0.25, 0.3) is 0 Å². The van der Waals surface area contributed by atoms with Crippen LogP contribution in [0.1, 0.15) is 50.5 Å². The first-order chi connectivity index (χ1) is 8.36. The average Bonchev–Trinajstić information content (AvgIpc) is 3.16. The zero-order valence-corrected chi connectivity index (χ0v) is 10.7. The molecule has 1 fully saturated rings. The summed E-state index contributed by atoms with van der Waals surface area (Å²) in [5, 5.41) is 0. The van der Waals surface area contributed by atoms with E-state index in [2.05, 4.69) is 42.7 Å². The fourth-order valence-corrected chi connectivity index (χ4v) is 2.78. The molecule has 0 saturated heterocycles. The first kappa shape index (κ1) is 12.6. The van der Waals surface area contributed by atoms with Crippen LogP contribution in [-0.4, -0.2) is 6.04 Å². The number of hydrogen-bond donors (Lipinski definition) is 2. The third-order valence-corrected chi connectivity index (χ3v) is 3.92. The van der Waals surface area contributed by atoms with Crippen LogP contribution in [0, 0.1) is 5.92 Å². The Morgan fingerprint density at radius 3 is 2.71 bits per heavy atom. The SMILES string of the molecule is CCCCCC(NN)C1CC1c1ccccc1. The van der Waals surface area contributed by atoms with E-state index in [4.69, 9.17) is 5.84 Å². The Morgan fingerprint density at radius 2 is 2.06 bits per heavy atom. The van der Waals surface area contributed by atoms with E-state index in [1.807, 2.05) is 0 Å². The van der Waals surface area contributed by atoms with Crippen molar-refractivity contribution in [3.05, 3.63) is 35.9 Å². The lowest BCUT2D eigenvalue weighted by Gasteiger charge is -2.15. The third kappa shape index (κ3) is 3.30. The summed E-state index contributed by atoms with van der Waals surface area (Å²) in [7, 11) is 0. The zero-order chi connectivity index (χ0) is 12.1. The van der Waals surface area contributed by atoms with Crippen LogP contribution >= 0.6 is 0 Å². The molecule has 2 heteroatoms. The van der Waals surface area contributed by atoms with E-state index in [1.165, 1.54) is 37.7 Å². The maximum atomic E-state index is 5.69. The largest absolute Gasteiger partial charge is 0.271 e. The Hall–Kier alpha value is -0.860. The van der Waals surface area contributed by atoms with Crippen LogP contribution in [0.3, 0.4) is 0 Å². The van der Waals surface area contributed by atoms with Crippen LogP contribution in [0.4, 0.5) is 0 Å². The topological polar surface area (TPSA) is 38.0 Å². The van der Waals surface area contributed by atoms with E-state index < -0.39 is 0 Å². The van der Waals surface area contributed by atoms with Gasteiger partial charge in [-0.1, -0.05) is 56.5 Å². The lowest BCUT2D eigenvalue weighted by atomic mass is 10.0. The third-order valence-electron chi connectivity index (χ3n) is 3.92. The van der Waals surface area contributed by atoms with E-state index in [0.717, 1.165) is 11.8 Å². The van der Waals surface area contributed by atoms with Crippen LogP contribution in [0.5, 0.6) is 0 Å². The van der Waals surface area contributed by atoms with Gasteiger partial charge in [0.1, 0.15) is 0 Å². The number of unbranched alkanes of at least 4 members (excludes halogenated alkanes) is 2. The van der Waals surface area contributed by atoms with Crippen molar-refractivity contribution in [1.82, 2.24) is 5.43 Å². The standard InChI is InChI=1S/C15H24N2/c1-2-3-5-10-15(17-16)14-11-13(14)12-8-6-4-7-9-12/h4,6-9,13-15,17H,2-3,5,10-11,16H2,1H3. The molecule has 3 unspecified atom stereocenters. The Bertz CT molecular complexity index is 323. The van der Waals surface area contributed by atoms with Gasteiger partial charge in [0.05, 0.1) is 0 Å². The van der Waals surface area contributed by atoms with E-state index in [1.54, 1.807) is 0 Å². The van der Waals surface area contributed by atoms with Gasteiger partial charge in [0.2, 0.25) is 0 Å². The van der Waals surface area contributed by atoms with Crippen LogP contribution in [-0.2, 0) is 0 Å². The highest BCUT2D eigenvalue weighted by Gasteiger charge is 2.42. The molecule has 17 heavy (non-hydrogen) atoms. The maximum absolute atomic E-state index is 5.69. The van der Waals surface area contributed by atoms with Crippen LogP contribution in [0.2, 0.25) is 0 Å². The molecule has 0 heterocycles. The Morgan fingerprint density at radius 1 is 1.29 bits per heavy atom. The molecular formula is C15H24N2. The van der Waals surface area contributed by atoms with Gasteiger partial charge in [-0.05, 0) is 30.2 Å². The highest BCUT2D eigenvalue weighted by atomic mass is 15.2. The molecule has 2 nitrogen and oxygen atoms in total. The van der Waals surface area contributed by atoms with Gasteiger partial charge in [-0.15, -0.1) is 0 Å². The van der Waals surface area contributed by atoms with Gasteiger partial charge < -0.3 is 0 Å². The Balaban J connectivity index is 1.83. The summed E-state index contributed by atoms with van der Waals surface area (Å²) in [6.07, 6.45) is 6.41. The predicted molar refractivity (Wildman–Crippen MR) is 72.5 cm³/mol. The Kier molecular flexibility index (Phi) is 4.57. The van der Waals surface area contributed by atoms with Gasteiger partial charge in [0.25, 0.3) is 0 Å². The molecular weight excluding hydrogens is 208 g/mol. The molecule has 1 aliphatic rings. The summed E-state index contributed by atoms with van der Waals surface area (Å²) in [5.74, 6) is 7.17. The molecule has 1 aromatic rings. The number of hydrazine groups is 1. The molecule has 1 aromatic carbocycles. The highest BCUT2D eigenvalue weighted by molar-refractivity contribution is 5.26. The lowest BCUT2D eigenvalue weighted by Crippen LogP contribution is -2.37. The summed E-state index contributed by atoms with van der Waals surface area (Å²) < 4.78 is 0. The first-order valence-corrected chi connectivity index (χ1v) is 6.88. The van der Waals surface area contributed by atoms with Crippen molar-refractivity contribution in [1.29, 1.82) is 0 Å². The van der Waals surface area contributed by atoms with Crippen molar-refractivity contribution in [3.63, 3.8) is 0 Å². The molecule has 0 amide bonds. The van der Waals surface area contributed by atoms with Crippen molar-refractivity contribution in [2.24, 2.45) is 11.8 Å². The van der Waals surface area contributed by atoms with Crippen LogP contribution in [0.15, 0.2) is 30.3 Å². The van der Waals surface area contributed by atoms with Gasteiger partial charge in [-0.25, -0.2) is 0 Å². The Labute approximate surface area is 105 Å². The van der Waals surface area contributed by atoms with Crippen molar-refractivity contribution < 1.29 is 0 Å². The van der Waals surface area contributed by atoms with Gasteiger partial charge in [-0.3, -0.25) is 11.3 Å². The second kappa shape index (κ2) is 6.18. The summed E-state index contributed by atoms with van der Waals surface area (Å²) in [5.41, 5.74) is 4.50. The van der Waals surface area contributed by atoms with Gasteiger partial charge in [0, 0.05) is 6.04 Å². The number of rotatable bonds is 7. The first-order valence-electron chi connectivity index (χ1n) is 6.88. The molecule has 0 aromatic heterocycles. The molecule has 94 valence electrons. The molecule has 1 saturated carbocycles. The van der Waals surface area contributed by atoms with E-state index in [9.17, 15) is 0 Å². The fourth-order valence-electron chi connectivity index (χ4n) is 2.78. The summed E-state index contributed by atoms with van der Waals surface area (Å²) in [6, 6.07) is 11.3. The summed E-state index contributed by atoms with van der Waals surface area (Å²) in [6.45, 7) is 2.24. The maximum Gasteiger partial charge on any atom is 0.0244 e. The number of benzene rings is 1. The minimum Gasteiger partial charge on any atom is -0.271 e. The minimum absolute atomic E-state index is 0.506. The normalized spacial score (nSPS) is 24.6. The molecule has 0 bridgehead atoms. The molecule has 0 aliphatic heterocycles. The second-order valence-electron chi connectivity index (χ2n) is 5.19. The quantitative estimate of drug-likeness (QED) is 0.430. The summed E-state index contributed by atoms with van der Waals surface area (Å²) >= 11 is 0. The average molecular weight is 232 g/mol. The van der Waals surface area contributed by atoms with Crippen molar-refractivity contribution in [3.8, 4) is 0 Å². The van der Waals surface area contributed by atoms with Crippen molar-refractivity contribution in [2.75, 3.05) is 0 Å². The van der Waals surface area contributed by atoms with E-state index in [0.29, 0.717) is 6.04 Å². The van der Waals surface area contributed by atoms with E-state index >= 15 is 0 Å². The predicted octanol–water partition coefficient (Wildman–Crippen LogP) is 3.20. The van der Waals surface area contributed by atoms with Gasteiger partial charge >= 0.3 is 0 Å². The van der Waals surface area contributed by atoms with E-state index in [-0.39, 0.29) is 0 Å². The van der Waals surface area contributed by atoms with Crippen molar-refractivity contribution in [2.45, 2.75) is 51.0 Å². The molecule has 1 aliphatic carbocycles. The van der Waals surface area contributed by atoms with Crippen molar-refractivity contribution >= 4 is 0 Å². The minimum atomic E-state index is 0.506. The summed E-state index contributed by atoms with van der Waals surface area (Å²) in [4.78, 5) is 0. The number of hydrogen-bond acceptors (Lipinski definition) is 2. The van der Waals surface area contributed by atoms with Gasteiger partial charge in [0.15, 0.2) is 0 Å². The number of nitrogens with one attached hydrogen (secondary N) is 1. The molecule has 3 N–H and O–H groups in total. The second-order valence-corrected chi connectivity index (χ2v) is 5.19. The molecule has 2 rings (SSSR count). The molecule has 3 atom stereocenters. The lowest BCUT2D eigenvalue weighted by molar-refractivity contribution is 0.421. The highest BCUT2D eigenvalue weighted by Crippen LogP contribution is 2.50. The van der Waals surface area contributed by atoms with Gasteiger partial charge in [-0.2, -0.15) is 0 Å². The number of nitrogens with two attached hydrogens (primary N) is 1. The molecule has 0 radical (unpaired) electrons. The fraction of sp³-hybridized carbons (Fsp3) is 0.600. The smallest absolute Gasteiger partial charge is 0.0244 e.